The molecule has 0 spiro atoms. The van der Waals surface area contributed by atoms with Crippen molar-refractivity contribution in [2.75, 3.05) is 13.6 Å². The van der Waals surface area contributed by atoms with Crippen LogP contribution in [0.1, 0.15) is 43.7 Å². The molecule has 0 saturated heterocycles. The number of likely N-dealkylation sites (N-methyl/N-ethyl adjacent to an activating group) is 1. The second-order valence-electron chi connectivity index (χ2n) is 5.83. The summed E-state index contributed by atoms with van der Waals surface area (Å²) in [4.78, 5) is 0. The zero-order chi connectivity index (χ0) is 13.5. The van der Waals surface area contributed by atoms with Gasteiger partial charge in [0, 0.05) is 0 Å². The fourth-order valence-corrected chi connectivity index (χ4v) is 2.94. The molecule has 0 radical (unpaired) electrons. The van der Waals surface area contributed by atoms with E-state index in [-0.39, 0.29) is 0 Å². The van der Waals surface area contributed by atoms with Gasteiger partial charge in [-0.25, -0.2) is 0 Å². The molecule has 2 nitrogen and oxygen atoms in total. The number of nitrogens with one attached hydrogen (secondary N) is 1. The molecule has 1 aromatic rings. The number of rotatable bonds is 6. The summed E-state index contributed by atoms with van der Waals surface area (Å²) < 4.78 is 6.14. The van der Waals surface area contributed by atoms with E-state index in [1.807, 2.05) is 7.05 Å². The molecule has 1 saturated carbocycles. The minimum atomic E-state index is 0.473. The van der Waals surface area contributed by atoms with Gasteiger partial charge in [0.05, 0.1) is 12.7 Å². The van der Waals surface area contributed by atoms with E-state index >= 15 is 0 Å². The molecular formula is C17H27NO. The molecule has 1 aliphatic carbocycles. The summed E-state index contributed by atoms with van der Waals surface area (Å²) >= 11 is 0. The molecule has 0 aromatic heterocycles. The highest BCUT2D eigenvalue weighted by Crippen LogP contribution is 2.26. The van der Waals surface area contributed by atoms with Crippen LogP contribution >= 0.6 is 0 Å². The Balaban J connectivity index is 1.87. The SMILES string of the molecule is CNCCc1ccccc1COC1CCCC(C)C1. The molecule has 1 N–H and O–H groups in total. The minimum absolute atomic E-state index is 0.473. The van der Waals surface area contributed by atoms with E-state index < -0.39 is 0 Å². The normalized spacial score (nSPS) is 23.5. The molecule has 1 aromatic carbocycles. The third kappa shape index (κ3) is 4.63. The van der Waals surface area contributed by atoms with Crippen molar-refractivity contribution in [1.82, 2.24) is 5.32 Å². The summed E-state index contributed by atoms with van der Waals surface area (Å²) in [5.74, 6) is 0.832. The van der Waals surface area contributed by atoms with Crippen LogP contribution in [0.4, 0.5) is 0 Å². The van der Waals surface area contributed by atoms with Crippen LogP contribution in [-0.4, -0.2) is 19.7 Å². The molecule has 2 heteroatoms. The van der Waals surface area contributed by atoms with Gasteiger partial charge in [-0.1, -0.05) is 44.0 Å². The number of ether oxygens (including phenoxy) is 1. The molecule has 19 heavy (non-hydrogen) atoms. The van der Waals surface area contributed by atoms with E-state index in [9.17, 15) is 0 Å². The highest BCUT2D eigenvalue weighted by molar-refractivity contribution is 5.26. The predicted octanol–water partition coefficient (Wildman–Crippen LogP) is 3.54. The van der Waals surface area contributed by atoms with Gasteiger partial charge in [0.1, 0.15) is 0 Å². The molecule has 2 rings (SSSR count). The second kappa shape index (κ2) is 7.66. The lowest BCUT2D eigenvalue weighted by Gasteiger charge is -2.27. The molecule has 0 heterocycles. The third-order valence-electron chi connectivity index (χ3n) is 4.13. The van der Waals surface area contributed by atoms with Gasteiger partial charge in [-0.05, 0) is 49.9 Å². The quantitative estimate of drug-likeness (QED) is 0.845. The van der Waals surface area contributed by atoms with Crippen molar-refractivity contribution in [3.63, 3.8) is 0 Å². The van der Waals surface area contributed by atoms with Crippen LogP contribution < -0.4 is 5.32 Å². The zero-order valence-corrected chi connectivity index (χ0v) is 12.3. The average molecular weight is 261 g/mol. The topological polar surface area (TPSA) is 21.3 Å². The summed E-state index contributed by atoms with van der Waals surface area (Å²) in [7, 11) is 2.00. The molecule has 1 fully saturated rings. The van der Waals surface area contributed by atoms with E-state index in [1.165, 1.54) is 36.8 Å². The predicted molar refractivity (Wildman–Crippen MR) is 80.3 cm³/mol. The smallest absolute Gasteiger partial charge is 0.0723 e. The highest BCUT2D eigenvalue weighted by Gasteiger charge is 2.19. The van der Waals surface area contributed by atoms with Gasteiger partial charge in [-0.3, -0.25) is 0 Å². The first-order valence-electron chi connectivity index (χ1n) is 7.62. The fraction of sp³-hybridized carbons (Fsp3) is 0.647. The summed E-state index contributed by atoms with van der Waals surface area (Å²) in [6.45, 7) is 4.14. The standard InChI is InChI=1S/C17H27NO/c1-14-6-5-9-17(12-14)19-13-16-8-4-3-7-15(16)10-11-18-2/h3-4,7-8,14,17-18H,5-6,9-13H2,1-2H3. The molecule has 0 amide bonds. The van der Waals surface area contributed by atoms with Crippen molar-refractivity contribution in [2.45, 2.75) is 51.7 Å². The summed E-state index contributed by atoms with van der Waals surface area (Å²) in [5.41, 5.74) is 2.77. The van der Waals surface area contributed by atoms with Crippen LogP contribution in [0, 0.1) is 5.92 Å². The Labute approximate surface area is 117 Å². The average Bonchev–Trinajstić information content (AvgIpc) is 2.44. The van der Waals surface area contributed by atoms with Crippen molar-refractivity contribution >= 4 is 0 Å². The number of hydrogen-bond acceptors (Lipinski definition) is 2. The van der Waals surface area contributed by atoms with Gasteiger partial charge in [0.2, 0.25) is 0 Å². The molecule has 1 aliphatic rings. The van der Waals surface area contributed by atoms with E-state index in [1.54, 1.807) is 0 Å². The Bertz CT molecular complexity index is 377. The van der Waals surface area contributed by atoms with E-state index in [2.05, 4.69) is 36.5 Å². The van der Waals surface area contributed by atoms with Crippen LogP contribution in [0.25, 0.3) is 0 Å². The van der Waals surface area contributed by atoms with Crippen LogP contribution in [-0.2, 0) is 17.8 Å². The molecule has 2 unspecified atom stereocenters. The minimum Gasteiger partial charge on any atom is -0.374 e. The number of hydrogen-bond donors (Lipinski definition) is 1. The van der Waals surface area contributed by atoms with Crippen LogP contribution in [0.5, 0.6) is 0 Å². The number of benzene rings is 1. The summed E-state index contributed by atoms with van der Waals surface area (Å²) in [5, 5.41) is 3.21. The van der Waals surface area contributed by atoms with Crippen LogP contribution in [0.15, 0.2) is 24.3 Å². The largest absolute Gasteiger partial charge is 0.374 e. The van der Waals surface area contributed by atoms with Gasteiger partial charge in [-0.2, -0.15) is 0 Å². The van der Waals surface area contributed by atoms with Crippen molar-refractivity contribution in [3.05, 3.63) is 35.4 Å². The Morgan fingerprint density at radius 1 is 1.21 bits per heavy atom. The molecular weight excluding hydrogens is 234 g/mol. The van der Waals surface area contributed by atoms with Crippen molar-refractivity contribution in [2.24, 2.45) is 5.92 Å². The van der Waals surface area contributed by atoms with Gasteiger partial charge < -0.3 is 10.1 Å². The lowest BCUT2D eigenvalue weighted by molar-refractivity contribution is 0.00439. The van der Waals surface area contributed by atoms with E-state index in [0.29, 0.717) is 6.10 Å². The Kier molecular flexibility index (Phi) is 5.87. The van der Waals surface area contributed by atoms with Gasteiger partial charge in [0.25, 0.3) is 0 Å². The van der Waals surface area contributed by atoms with Crippen molar-refractivity contribution in [1.29, 1.82) is 0 Å². The molecule has 0 aliphatic heterocycles. The monoisotopic (exact) mass is 261 g/mol. The van der Waals surface area contributed by atoms with E-state index in [4.69, 9.17) is 4.74 Å². The maximum Gasteiger partial charge on any atom is 0.0723 e. The molecule has 2 atom stereocenters. The zero-order valence-electron chi connectivity index (χ0n) is 12.3. The lowest BCUT2D eigenvalue weighted by Crippen LogP contribution is -2.21. The molecule has 0 bridgehead atoms. The van der Waals surface area contributed by atoms with Crippen molar-refractivity contribution < 1.29 is 4.74 Å². The van der Waals surface area contributed by atoms with Crippen LogP contribution in [0.2, 0.25) is 0 Å². The Morgan fingerprint density at radius 2 is 2.00 bits per heavy atom. The maximum absolute atomic E-state index is 6.14. The van der Waals surface area contributed by atoms with Gasteiger partial charge in [-0.15, -0.1) is 0 Å². The summed E-state index contributed by atoms with van der Waals surface area (Å²) in [6.07, 6.45) is 6.73. The van der Waals surface area contributed by atoms with Gasteiger partial charge >= 0.3 is 0 Å². The summed E-state index contributed by atoms with van der Waals surface area (Å²) in [6, 6.07) is 8.67. The Morgan fingerprint density at radius 3 is 2.74 bits per heavy atom. The highest BCUT2D eigenvalue weighted by atomic mass is 16.5. The van der Waals surface area contributed by atoms with Crippen LogP contribution in [0.3, 0.4) is 0 Å². The maximum atomic E-state index is 6.14. The first-order valence-corrected chi connectivity index (χ1v) is 7.62. The molecule has 106 valence electrons. The third-order valence-corrected chi connectivity index (χ3v) is 4.13. The fourth-order valence-electron chi connectivity index (χ4n) is 2.94. The van der Waals surface area contributed by atoms with Gasteiger partial charge in [0.15, 0.2) is 0 Å². The second-order valence-corrected chi connectivity index (χ2v) is 5.83. The first kappa shape index (κ1) is 14.5. The Hall–Kier alpha value is -0.860. The van der Waals surface area contributed by atoms with E-state index in [0.717, 1.165) is 25.5 Å². The van der Waals surface area contributed by atoms with Crippen molar-refractivity contribution in [3.8, 4) is 0 Å². The first-order chi connectivity index (χ1) is 9.29. The lowest BCUT2D eigenvalue weighted by atomic mass is 9.89.